The molecule has 63 valence electrons. The molecular formula is C9H15O2. The molecule has 0 aliphatic heterocycles. The molecule has 0 amide bonds. The first kappa shape index (κ1) is 7.56. The highest BCUT2D eigenvalue weighted by atomic mass is 16.3. The second-order valence-corrected chi connectivity index (χ2v) is 3.90. The number of aliphatic hydroxyl groups excluding tert-OH is 2. The number of rotatable bonds is 3. The Morgan fingerprint density at radius 2 is 2.09 bits per heavy atom. The molecule has 2 nitrogen and oxygen atoms in total. The molecule has 2 fully saturated rings. The van der Waals surface area contributed by atoms with Crippen LogP contribution < -0.4 is 0 Å². The van der Waals surface area contributed by atoms with Crippen LogP contribution in [0.5, 0.6) is 0 Å². The molecule has 0 aromatic heterocycles. The predicted molar refractivity (Wildman–Crippen MR) is 41.8 cm³/mol. The van der Waals surface area contributed by atoms with Crippen molar-refractivity contribution in [1.82, 2.24) is 0 Å². The second-order valence-electron chi connectivity index (χ2n) is 3.90. The van der Waals surface area contributed by atoms with Crippen LogP contribution in [0, 0.1) is 17.3 Å². The molecule has 0 bridgehead atoms. The third-order valence-electron chi connectivity index (χ3n) is 3.31. The van der Waals surface area contributed by atoms with Crippen LogP contribution >= 0.6 is 0 Å². The minimum Gasteiger partial charge on any atom is -0.396 e. The first-order chi connectivity index (χ1) is 5.32. The lowest BCUT2D eigenvalue weighted by atomic mass is 9.65. The maximum absolute atomic E-state index is 9.16. The first-order valence-electron chi connectivity index (χ1n) is 4.40. The second kappa shape index (κ2) is 2.46. The fraction of sp³-hybridized carbons (Fsp3) is 0.889. The van der Waals surface area contributed by atoms with Crippen molar-refractivity contribution in [2.75, 3.05) is 13.2 Å². The molecule has 2 rings (SSSR count). The SMILES string of the molecule is OCC1C[C]1C1(CO)CCC1. The Labute approximate surface area is 67.2 Å². The van der Waals surface area contributed by atoms with E-state index in [4.69, 9.17) is 10.2 Å². The highest BCUT2D eigenvalue weighted by Crippen LogP contribution is 2.61. The van der Waals surface area contributed by atoms with E-state index in [-0.39, 0.29) is 12.0 Å². The third-order valence-corrected chi connectivity index (χ3v) is 3.31. The van der Waals surface area contributed by atoms with Gasteiger partial charge in [-0.2, -0.15) is 0 Å². The summed E-state index contributed by atoms with van der Waals surface area (Å²) >= 11 is 0. The minimum atomic E-state index is 0.160. The molecule has 11 heavy (non-hydrogen) atoms. The Bertz CT molecular complexity index is 146. The zero-order chi connectivity index (χ0) is 7.90. The summed E-state index contributed by atoms with van der Waals surface area (Å²) in [7, 11) is 0. The van der Waals surface area contributed by atoms with Crippen molar-refractivity contribution in [1.29, 1.82) is 0 Å². The van der Waals surface area contributed by atoms with E-state index >= 15 is 0 Å². The van der Waals surface area contributed by atoms with Gasteiger partial charge in [0.05, 0.1) is 0 Å². The monoisotopic (exact) mass is 155 g/mol. The predicted octanol–water partition coefficient (Wildman–Crippen LogP) is 0.736. The number of hydrogen-bond acceptors (Lipinski definition) is 2. The van der Waals surface area contributed by atoms with E-state index in [2.05, 4.69) is 0 Å². The van der Waals surface area contributed by atoms with E-state index in [0.717, 1.165) is 19.3 Å². The van der Waals surface area contributed by atoms with Crippen LogP contribution in [0.3, 0.4) is 0 Å². The summed E-state index contributed by atoms with van der Waals surface area (Å²) in [6.07, 6.45) is 4.62. The van der Waals surface area contributed by atoms with Crippen LogP contribution in [0.15, 0.2) is 0 Å². The molecule has 0 spiro atoms. The van der Waals surface area contributed by atoms with Crippen molar-refractivity contribution in [3.8, 4) is 0 Å². The summed E-state index contributed by atoms with van der Waals surface area (Å²) in [5, 5.41) is 18.0. The molecule has 0 aromatic rings. The van der Waals surface area contributed by atoms with Crippen LogP contribution in [0.4, 0.5) is 0 Å². The van der Waals surface area contributed by atoms with Gasteiger partial charge in [0.2, 0.25) is 0 Å². The lowest BCUT2D eigenvalue weighted by molar-refractivity contribution is 0.0659. The quantitative estimate of drug-likeness (QED) is 0.631. The molecule has 1 radical (unpaired) electrons. The van der Waals surface area contributed by atoms with Crippen molar-refractivity contribution in [3.05, 3.63) is 5.92 Å². The van der Waals surface area contributed by atoms with E-state index in [1.165, 1.54) is 12.3 Å². The summed E-state index contributed by atoms with van der Waals surface area (Å²) in [6, 6.07) is 0. The maximum Gasteiger partial charge on any atom is 0.0493 e. The van der Waals surface area contributed by atoms with Gasteiger partial charge in [-0.3, -0.25) is 0 Å². The van der Waals surface area contributed by atoms with E-state index in [0.29, 0.717) is 12.5 Å². The fourth-order valence-corrected chi connectivity index (χ4v) is 2.22. The first-order valence-corrected chi connectivity index (χ1v) is 4.40. The van der Waals surface area contributed by atoms with Gasteiger partial charge in [-0.25, -0.2) is 0 Å². The van der Waals surface area contributed by atoms with Gasteiger partial charge in [0.15, 0.2) is 0 Å². The molecule has 2 aliphatic carbocycles. The smallest absolute Gasteiger partial charge is 0.0493 e. The van der Waals surface area contributed by atoms with Crippen LogP contribution in [-0.2, 0) is 0 Å². The highest BCUT2D eigenvalue weighted by Gasteiger charge is 2.55. The Morgan fingerprint density at radius 1 is 1.36 bits per heavy atom. The van der Waals surface area contributed by atoms with Crippen molar-refractivity contribution < 1.29 is 10.2 Å². The molecule has 2 saturated carbocycles. The Hall–Kier alpha value is -0.0800. The molecule has 1 unspecified atom stereocenters. The van der Waals surface area contributed by atoms with E-state index < -0.39 is 0 Å². The summed E-state index contributed by atoms with van der Waals surface area (Å²) in [5.41, 5.74) is 0.160. The van der Waals surface area contributed by atoms with Crippen LogP contribution in [-0.4, -0.2) is 23.4 Å². The normalized spacial score (nSPS) is 34.9. The standard InChI is InChI=1S/C9H15O2/c10-5-7-4-8(7)9(6-11)2-1-3-9/h7,10-11H,1-6H2. The largest absolute Gasteiger partial charge is 0.396 e. The Morgan fingerprint density at radius 3 is 2.36 bits per heavy atom. The van der Waals surface area contributed by atoms with E-state index in [9.17, 15) is 0 Å². The maximum atomic E-state index is 9.16. The van der Waals surface area contributed by atoms with Gasteiger partial charge < -0.3 is 10.2 Å². The summed E-state index contributed by atoms with van der Waals surface area (Å²) < 4.78 is 0. The van der Waals surface area contributed by atoms with Crippen molar-refractivity contribution in [2.45, 2.75) is 25.7 Å². The molecule has 0 aromatic carbocycles. The van der Waals surface area contributed by atoms with Crippen molar-refractivity contribution in [2.24, 2.45) is 11.3 Å². The lowest BCUT2D eigenvalue weighted by Gasteiger charge is -2.40. The van der Waals surface area contributed by atoms with Crippen LogP contribution in [0.25, 0.3) is 0 Å². The van der Waals surface area contributed by atoms with Gasteiger partial charge in [0.25, 0.3) is 0 Å². The number of aliphatic hydroxyl groups is 2. The van der Waals surface area contributed by atoms with Gasteiger partial charge in [-0.1, -0.05) is 6.42 Å². The number of hydrogen-bond donors (Lipinski definition) is 2. The zero-order valence-electron chi connectivity index (χ0n) is 6.71. The average Bonchev–Trinajstić information content (AvgIpc) is 2.67. The molecule has 0 saturated heterocycles. The molecule has 2 heteroatoms. The average molecular weight is 155 g/mol. The summed E-state index contributed by atoms with van der Waals surface area (Å²) in [4.78, 5) is 0. The third kappa shape index (κ3) is 1.00. The molecular weight excluding hydrogens is 140 g/mol. The lowest BCUT2D eigenvalue weighted by Crippen LogP contribution is -2.35. The Balaban J connectivity index is 1.93. The van der Waals surface area contributed by atoms with Crippen LogP contribution in [0.2, 0.25) is 0 Å². The van der Waals surface area contributed by atoms with Gasteiger partial charge in [-0.05, 0) is 31.1 Å². The molecule has 2 aliphatic rings. The van der Waals surface area contributed by atoms with Gasteiger partial charge in [0.1, 0.15) is 0 Å². The fourth-order valence-electron chi connectivity index (χ4n) is 2.22. The zero-order valence-corrected chi connectivity index (χ0v) is 6.71. The molecule has 0 heterocycles. The van der Waals surface area contributed by atoms with Crippen molar-refractivity contribution >= 4 is 0 Å². The summed E-state index contributed by atoms with van der Waals surface area (Å²) in [5.74, 6) is 1.87. The van der Waals surface area contributed by atoms with E-state index in [1.54, 1.807) is 0 Å². The Kier molecular flexibility index (Phi) is 1.69. The van der Waals surface area contributed by atoms with Crippen LogP contribution in [0.1, 0.15) is 25.7 Å². The van der Waals surface area contributed by atoms with Gasteiger partial charge in [0, 0.05) is 18.6 Å². The van der Waals surface area contributed by atoms with Gasteiger partial charge in [-0.15, -0.1) is 0 Å². The summed E-state index contributed by atoms with van der Waals surface area (Å²) in [6.45, 7) is 0.593. The molecule has 2 N–H and O–H groups in total. The minimum absolute atomic E-state index is 0.160. The van der Waals surface area contributed by atoms with Crippen molar-refractivity contribution in [3.63, 3.8) is 0 Å². The topological polar surface area (TPSA) is 40.5 Å². The van der Waals surface area contributed by atoms with Gasteiger partial charge >= 0.3 is 0 Å². The van der Waals surface area contributed by atoms with E-state index in [1.807, 2.05) is 0 Å². The molecule has 1 atom stereocenters. The highest BCUT2D eigenvalue weighted by molar-refractivity contribution is 5.26.